The second-order valence-electron chi connectivity index (χ2n) is 5.57. The van der Waals surface area contributed by atoms with Gasteiger partial charge in [0, 0.05) is 18.7 Å². The summed E-state index contributed by atoms with van der Waals surface area (Å²) in [5.41, 5.74) is 5.92. The van der Waals surface area contributed by atoms with Gasteiger partial charge in [0.05, 0.1) is 16.9 Å². The average molecular weight is 307 g/mol. The molecule has 1 atom stereocenters. The van der Waals surface area contributed by atoms with Crippen molar-refractivity contribution in [1.82, 2.24) is 4.90 Å². The van der Waals surface area contributed by atoms with Gasteiger partial charge in [0.1, 0.15) is 0 Å². The lowest BCUT2D eigenvalue weighted by molar-refractivity contribution is -0.385. The van der Waals surface area contributed by atoms with Crippen molar-refractivity contribution in [3.05, 3.63) is 27.8 Å². The standard InChI is InChI=1S/C14H17N3O5/c15-14(18)9-2-1-3-16(6-9)7-10-4-12-13(22-8-21-12)5-11(10)17(19)20/h4-5,9H,1-3,6-8H2,(H2,15,18)/t9-/m0/s1. The predicted octanol–water partition coefficient (Wildman–Crippen LogP) is 1.02. The number of fused-ring (bicyclic) bond motifs is 1. The molecule has 0 aromatic heterocycles. The Balaban J connectivity index is 1.82. The predicted molar refractivity (Wildman–Crippen MR) is 76.4 cm³/mol. The third-order valence-electron chi connectivity index (χ3n) is 4.07. The van der Waals surface area contributed by atoms with Gasteiger partial charge in [-0.05, 0) is 25.5 Å². The number of benzene rings is 1. The largest absolute Gasteiger partial charge is 0.454 e. The molecule has 118 valence electrons. The summed E-state index contributed by atoms with van der Waals surface area (Å²) >= 11 is 0. The summed E-state index contributed by atoms with van der Waals surface area (Å²) in [6.45, 7) is 1.77. The Morgan fingerprint density at radius 3 is 2.82 bits per heavy atom. The highest BCUT2D eigenvalue weighted by molar-refractivity contribution is 5.76. The number of carbonyl (C=O) groups excluding carboxylic acids is 1. The molecule has 0 unspecified atom stereocenters. The van der Waals surface area contributed by atoms with Crippen molar-refractivity contribution in [3.63, 3.8) is 0 Å². The topological polar surface area (TPSA) is 108 Å². The van der Waals surface area contributed by atoms with Gasteiger partial charge in [-0.3, -0.25) is 19.8 Å². The number of hydrogen-bond donors (Lipinski definition) is 1. The Bertz CT molecular complexity index is 619. The minimum Gasteiger partial charge on any atom is -0.454 e. The van der Waals surface area contributed by atoms with Crippen molar-refractivity contribution in [2.24, 2.45) is 11.7 Å². The number of nitro benzene ring substituents is 1. The van der Waals surface area contributed by atoms with Gasteiger partial charge in [-0.15, -0.1) is 0 Å². The zero-order valence-electron chi connectivity index (χ0n) is 12.0. The van der Waals surface area contributed by atoms with Gasteiger partial charge in [0.2, 0.25) is 12.7 Å². The molecule has 1 saturated heterocycles. The maximum atomic E-state index is 11.3. The number of nitrogens with zero attached hydrogens (tertiary/aromatic N) is 2. The van der Waals surface area contributed by atoms with Crippen molar-refractivity contribution in [2.75, 3.05) is 19.9 Å². The van der Waals surface area contributed by atoms with Gasteiger partial charge in [-0.25, -0.2) is 0 Å². The summed E-state index contributed by atoms with van der Waals surface area (Å²) in [5.74, 6) is 0.403. The number of likely N-dealkylation sites (tertiary alicyclic amines) is 1. The quantitative estimate of drug-likeness (QED) is 0.657. The fourth-order valence-electron chi connectivity index (χ4n) is 2.94. The molecule has 22 heavy (non-hydrogen) atoms. The molecular formula is C14H17N3O5. The lowest BCUT2D eigenvalue weighted by atomic mass is 9.97. The van der Waals surface area contributed by atoms with Crippen molar-refractivity contribution in [1.29, 1.82) is 0 Å². The Morgan fingerprint density at radius 2 is 2.14 bits per heavy atom. The number of piperidine rings is 1. The van der Waals surface area contributed by atoms with E-state index in [0.717, 1.165) is 19.4 Å². The first-order chi connectivity index (χ1) is 10.5. The van der Waals surface area contributed by atoms with Crippen LogP contribution in [-0.4, -0.2) is 35.6 Å². The second kappa shape index (κ2) is 5.80. The van der Waals surface area contributed by atoms with Gasteiger partial charge in [0.15, 0.2) is 11.5 Å². The van der Waals surface area contributed by atoms with Gasteiger partial charge in [-0.1, -0.05) is 0 Å². The number of ether oxygens (including phenoxy) is 2. The highest BCUT2D eigenvalue weighted by atomic mass is 16.7. The van der Waals surface area contributed by atoms with E-state index in [4.69, 9.17) is 15.2 Å². The first kappa shape index (κ1) is 14.6. The Labute approximate surface area is 126 Å². The summed E-state index contributed by atoms with van der Waals surface area (Å²) in [6.07, 6.45) is 1.63. The molecular weight excluding hydrogens is 290 g/mol. The fourth-order valence-corrected chi connectivity index (χ4v) is 2.94. The van der Waals surface area contributed by atoms with Crippen LogP contribution in [0.3, 0.4) is 0 Å². The van der Waals surface area contributed by atoms with E-state index in [1.165, 1.54) is 6.07 Å². The maximum absolute atomic E-state index is 11.3. The molecule has 2 heterocycles. The smallest absolute Gasteiger partial charge is 0.277 e. The highest BCUT2D eigenvalue weighted by Gasteiger charge is 2.28. The monoisotopic (exact) mass is 307 g/mol. The number of primary amides is 1. The first-order valence-corrected chi connectivity index (χ1v) is 7.13. The number of nitro groups is 1. The SMILES string of the molecule is NC(=O)[C@H]1CCCN(Cc2cc3c(cc2[N+](=O)[O-])OCO3)C1. The van der Waals surface area contributed by atoms with E-state index in [-0.39, 0.29) is 24.3 Å². The minimum absolute atomic E-state index is 0.00504. The third kappa shape index (κ3) is 2.82. The van der Waals surface area contributed by atoms with E-state index in [0.29, 0.717) is 30.2 Å². The van der Waals surface area contributed by atoms with E-state index < -0.39 is 4.92 Å². The maximum Gasteiger partial charge on any atom is 0.277 e. The summed E-state index contributed by atoms with van der Waals surface area (Å²) in [6, 6.07) is 3.04. The van der Waals surface area contributed by atoms with Crippen LogP contribution >= 0.6 is 0 Å². The van der Waals surface area contributed by atoms with Crippen molar-refractivity contribution < 1.29 is 19.2 Å². The molecule has 0 radical (unpaired) electrons. The Morgan fingerprint density at radius 1 is 1.41 bits per heavy atom. The fraction of sp³-hybridized carbons (Fsp3) is 0.500. The molecule has 2 aliphatic rings. The van der Waals surface area contributed by atoms with Crippen LogP contribution in [-0.2, 0) is 11.3 Å². The van der Waals surface area contributed by atoms with Gasteiger partial charge < -0.3 is 15.2 Å². The molecule has 2 aliphatic heterocycles. The molecule has 3 rings (SSSR count). The minimum atomic E-state index is -0.424. The third-order valence-corrected chi connectivity index (χ3v) is 4.07. The molecule has 0 spiro atoms. The molecule has 1 amide bonds. The molecule has 0 bridgehead atoms. The highest BCUT2D eigenvalue weighted by Crippen LogP contribution is 2.38. The van der Waals surface area contributed by atoms with Crippen molar-refractivity contribution >= 4 is 11.6 Å². The number of hydrogen-bond acceptors (Lipinski definition) is 6. The van der Waals surface area contributed by atoms with Crippen LogP contribution in [0.15, 0.2) is 12.1 Å². The van der Waals surface area contributed by atoms with Gasteiger partial charge in [0.25, 0.3) is 5.69 Å². The number of rotatable bonds is 4. The molecule has 0 saturated carbocycles. The van der Waals surface area contributed by atoms with E-state index in [9.17, 15) is 14.9 Å². The van der Waals surface area contributed by atoms with Crippen LogP contribution in [0.5, 0.6) is 11.5 Å². The lowest BCUT2D eigenvalue weighted by Crippen LogP contribution is -2.40. The summed E-state index contributed by atoms with van der Waals surface area (Å²) in [7, 11) is 0. The van der Waals surface area contributed by atoms with Crippen LogP contribution in [0, 0.1) is 16.0 Å². The summed E-state index contributed by atoms with van der Waals surface area (Å²) < 4.78 is 10.5. The number of nitrogens with two attached hydrogens (primary N) is 1. The molecule has 8 heteroatoms. The second-order valence-corrected chi connectivity index (χ2v) is 5.57. The van der Waals surface area contributed by atoms with Crippen molar-refractivity contribution in [2.45, 2.75) is 19.4 Å². The zero-order valence-corrected chi connectivity index (χ0v) is 12.0. The van der Waals surface area contributed by atoms with Gasteiger partial charge >= 0.3 is 0 Å². The lowest BCUT2D eigenvalue weighted by Gasteiger charge is -2.30. The van der Waals surface area contributed by atoms with E-state index in [2.05, 4.69) is 0 Å². The van der Waals surface area contributed by atoms with E-state index >= 15 is 0 Å². The van der Waals surface area contributed by atoms with Crippen molar-refractivity contribution in [3.8, 4) is 11.5 Å². The van der Waals surface area contributed by atoms with Crippen LogP contribution in [0.4, 0.5) is 5.69 Å². The number of amides is 1. The first-order valence-electron chi connectivity index (χ1n) is 7.13. The molecule has 1 aromatic carbocycles. The molecule has 2 N–H and O–H groups in total. The summed E-state index contributed by atoms with van der Waals surface area (Å²) in [4.78, 5) is 24.2. The van der Waals surface area contributed by atoms with Crippen LogP contribution in [0.1, 0.15) is 18.4 Å². The molecule has 8 nitrogen and oxygen atoms in total. The zero-order chi connectivity index (χ0) is 15.7. The molecule has 1 fully saturated rings. The Hall–Kier alpha value is -2.35. The molecule has 1 aromatic rings. The Kier molecular flexibility index (Phi) is 3.84. The summed E-state index contributed by atoms with van der Waals surface area (Å²) in [5, 5.41) is 11.3. The number of carbonyl (C=O) groups is 1. The van der Waals surface area contributed by atoms with E-state index in [1.807, 2.05) is 4.90 Å². The van der Waals surface area contributed by atoms with Crippen LogP contribution in [0.2, 0.25) is 0 Å². The molecule has 0 aliphatic carbocycles. The normalized spacial score (nSPS) is 20.8. The average Bonchev–Trinajstić information content (AvgIpc) is 2.93. The van der Waals surface area contributed by atoms with E-state index in [1.54, 1.807) is 6.07 Å². The van der Waals surface area contributed by atoms with Gasteiger partial charge in [-0.2, -0.15) is 0 Å². The van der Waals surface area contributed by atoms with Crippen LogP contribution < -0.4 is 15.2 Å². The van der Waals surface area contributed by atoms with Crippen LogP contribution in [0.25, 0.3) is 0 Å².